The van der Waals surface area contributed by atoms with Gasteiger partial charge >= 0.3 is 0 Å². The fourth-order valence-corrected chi connectivity index (χ4v) is 3.62. The van der Waals surface area contributed by atoms with E-state index >= 15 is 0 Å². The Morgan fingerprint density at radius 1 is 1.03 bits per heavy atom. The highest BCUT2D eigenvalue weighted by molar-refractivity contribution is 5.79. The normalized spacial score (nSPS) is 14.8. The first kappa shape index (κ1) is 23.9. The third-order valence-corrected chi connectivity index (χ3v) is 5.44. The summed E-state index contributed by atoms with van der Waals surface area (Å²) in [6, 6.07) is 14.6. The summed E-state index contributed by atoms with van der Waals surface area (Å²) in [4.78, 5) is 6.82. The Labute approximate surface area is 191 Å². The van der Waals surface area contributed by atoms with Gasteiger partial charge in [-0.15, -0.1) is 0 Å². The largest absolute Gasteiger partial charge is 0.493 e. The van der Waals surface area contributed by atoms with Gasteiger partial charge in [0.1, 0.15) is 0 Å². The molecule has 7 heteroatoms. The molecule has 0 aliphatic carbocycles. The zero-order chi connectivity index (χ0) is 22.6. The van der Waals surface area contributed by atoms with Crippen molar-refractivity contribution in [2.75, 3.05) is 47.1 Å². The molecule has 0 aromatic heterocycles. The van der Waals surface area contributed by atoms with Gasteiger partial charge in [0.15, 0.2) is 17.5 Å². The second kappa shape index (κ2) is 12.9. The maximum absolute atomic E-state index is 5.74. The SMILES string of the molecule is CCCOc1ccc(CNC(=NC)NCc2ccccc2CN2CCOCC2)cc1OC. The van der Waals surface area contributed by atoms with Crippen molar-refractivity contribution < 1.29 is 14.2 Å². The lowest BCUT2D eigenvalue weighted by Gasteiger charge is -2.27. The maximum Gasteiger partial charge on any atom is 0.191 e. The zero-order valence-corrected chi connectivity index (χ0v) is 19.5. The minimum absolute atomic E-state index is 0.638. The fraction of sp³-hybridized carbons (Fsp3) is 0.480. The number of rotatable bonds is 10. The molecule has 0 saturated carbocycles. The predicted octanol–water partition coefficient (Wildman–Crippen LogP) is 3.18. The average molecular weight is 441 g/mol. The molecule has 1 saturated heterocycles. The standard InChI is InChI=1S/C25H36N4O3/c1-4-13-32-23-10-9-20(16-24(23)30-3)17-27-25(26-2)28-18-21-7-5-6-8-22(21)19-29-11-14-31-15-12-29/h5-10,16H,4,11-15,17-19H2,1-3H3,(H2,26,27,28). The topological polar surface area (TPSA) is 67.4 Å². The van der Waals surface area contributed by atoms with Crippen molar-refractivity contribution in [2.45, 2.75) is 33.0 Å². The fourth-order valence-electron chi connectivity index (χ4n) is 3.62. The van der Waals surface area contributed by atoms with Crippen molar-refractivity contribution in [2.24, 2.45) is 4.99 Å². The second-order valence-electron chi connectivity index (χ2n) is 7.77. The van der Waals surface area contributed by atoms with Gasteiger partial charge < -0.3 is 24.8 Å². The van der Waals surface area contributed by atoms with Crippen molar-refractivity contribution in [1.29, 1.82) is 0 Å². The van der Waals surface area contributed by atoms with Gasteiger partial charge in [-0.05, 0) is 35.2 Å². The van der Waals surface area contributed by atoms with Crippen molar-refractivity contribution in [3.05, 3.63) is 59.2 Å². The summed E-state index contributed by atoms with van der Waals surface area (Å²) in [6.07, 6.45) is 0.962. The van der Waals surface area contributed by atoms with Crippen LogP contribution in [0.5, 0.6) is 11.5 Å². The first-order chi connectivity index (χ1) is 15.7. The highest BCUT2D eigenvalue weighted by Crippen LogP contribution is 2.28. The highest BCUT2D eigenvalue weighted by Gasteiger charge is 2.13. The van der Waals surface area contributed by atoms with Gasteiger partial charge in [0, 0.05) is 39.8 Å². The Hall–Kier alpha value is -2.77. The van der Waals surface area contributed by atoms with Crippen LogP contribution >= 0.6 is 0 Å². The van der Waals surface area contributed by atoms with Gasteiger partial charge in [0.05, 0.1) is 26.9 Å². The summed E-state index contributed by atoms with van der Waals surface area (Å²) in [5.74, 6) is 2.28. The van der Waals surface area contributed by atoms with Crippen molar-refractivity contribution in [3.8, 4) is 11.5 Å². The molecule has 2 aromatic carbocycles. The number of hydrogen-bond acceptors (Lipinski definition) is 5. The van der Waals surface area contributed by atoms with E-state index in [1.54, 1.807) is 14.2 Å². The molecule has 1 aliphatic heterocycles. The number of hydrogen-bond donors (Lipinski definition) is 2. The van der Waals surface area contributed by atoms with E-state index in [4.69, 9.17) is 14.2 Å². The third-order valence-electron chi connectivity index (χ3n) is 5.44. The number of nitrogens with one attached hydrogen (secondary N) is 2. The molecule has 0 amide bonds. The molecule has 0 spiro atoms. The van der Waals surface area contributed by atoms with Gasteiger partial charge in [-0.2, -0.15) is 0 Å². The highest BCUT2D eigenvalue weighted by atomic mass is 16.5. The minimum Gasteiger partial charge on any atom is -0.493 e. The molecule has 7 nitrogen and oxygen atoms in total. The first-order valence-corrected chi connectivity index (χ1v) is 11.3. The van der Waals surface area contributed by atoms with Crippen LogP contribution in [0.1, 0.15) is 30.0 Å². The molecule has 1 aliphatic rings. The van der Waals surface area contributed by atoms with E-state index in [0.717, 1.165) is 62.3 Å². The Morgan fingerprint density at radius 2 is 1.78 bits per heavy atom. The quantitative estimate of drug-likeness (QED) is 0.437. The number of morpholine rings is 1. The number of guanidine groups is 1. The Bertz CT molecular complexity index is 866. The smallest absolute Gasteiger partial charge is 0.191 e. The van der Waals surface area contributed by atoms with Crippen LogP contribution in [0.2, 0.25) is 0 Å². The lowest BCUT2D eigenvalue weighted by molar-refractivity contribution is 0.0341. The number of nitrogens with zero attached hydrogens (tertiary/aromatic N) is 2. The van der Waals surface area contributed by atoms with Crippen molar-refractivity contribution >= 4 is 5.96 Å². The van der Waals surface area contributed by atoms with Crippen LogP contribution in [0, 0.1) is 0 Å². The number of benzene rings is 2. The Balaban J connectivity index is 1.54. The van der Waals surface area contributed by atoms with Gasteiger partial charge in [0.2, 0.25) is 0 Å². The lowest BCUT2D eigenvalue weighted by Crippen LogP contribution is -2.37. The average Bonchev–Trinajstić information content (AvgIpc) is 2.84. The summed E-state index contributed by atoms with van der Waals surface area (Å²) in [5.41, 5.74) is 3.71. The monoisotopic (exact) mass is 440 g/mol. The third kappa shape index (κ3) is 7.14. The minimum atomic E-state index is 0.638. The summed E-state index contributed by atoms with van der Waals surface area (Å²) in [6.45, 7) is 8.66. The summed E-state index contributed by atoms with van der Waals surface area (Å²) >= 11 is 0. The van der Waals surface area contributed by atoms with Crippen LogP contribution in [0.4, 0.5) is 0 Å². The zero-order valence-electron chi connectivity index (χ0n) is 19.5. The Kier molecular flexibility index (Phi) is 9.65. The molecule has 0 atom stereocenters. The van der Waals surface area contributed by atoms with Crippen LogP contribution in [-0.4, -0.2) is 57.9 Å². The van der Waals surface area contributed by atoms with E-state index in [1.165, 1.54) is 11.1 Å². The molecule has 0 radical (unpaired) electrons. The van der Waals surface area contributed by atoms with Crippen LogP contribution < -0.4 is 20.1 Å². The van der Waals surface area contributed by atoms with Crippen LogP contribution in [-0.2, 0) is 24.4 Å². The van der Waals surface area contributed by atoms with E-state index < -0.39 is 0 Å². The molecule has 3 rings (SSSR count). The molecule has 1 fully saturated rings. The van der Waals surface area contributed by atoms with E-state index in [2.05, 4.69) is 51.7 Å². The van der Waals surface area contributed by atoms with Crippen molar-refractivity contribution in [1.82, 2.24) is 15.5 Å². The second-order valence-corrected chi connectivity index (χ2v) is 7.77. The summed E-state index contributed by atoms with van der Waals surface area (Å²) in [7, 11) is 3.46. The number of ether oxygens (including phenoxy) is 3. The molecule has 0 unspecified atom stereocenters. The van der Waals surface area contributed by atoms with Crippen LogP contribution in [0.3, 0.4) is 0 Å². The lowest BCUT2D eigenvalue weighted by atomic mass is 10.1. The molecular formula is C25H36N4O3. The van der Waals surface area contributed by atoms with E-state index in [1.807, 2.05) is 18.2 Å². The summed E-state index contributed by atoms with van der Waals surface area (Å²) < 4.78 is 16.7. The predicted molar refractivity (Wildman–Crippen MR) is 128 cm³/mol. The van der Waals surface area contributed by atoms with Gasteiger partial charge in [-0.1, -0.05) is 37.3 Å². The maximum atomic E-state index is 5.74. The van der Waals surface area contributed by atoms with Crippen LogP contribution in [0.15, 0.2) is 47.5 Å². The molecule has 2 aromatic rings. The molecule has 32 heavy (non-hydrogen) atoms. The number of methoxy groups -OCH3 is 1. The van der Waals surface area contributed by atoms with Gasteiger partial charge in [0.25, 0.3) is 0 Å². The molecule has 0 bridgehead atoms. The van der Waals surface area contributed by atoms with E-state index in [9.17, 15) is 0 Å². The molecule has 1 heterocycles. The first-order valence-electron chi connectivity index (χ1n) is 11.3. The molecule has 174 valence electrons. The van der Waals surface area contributed by atoms with Gasteiger partial charge in [-0.3, -0.25) is 9.89 Å². The summed E-state index contributed by atoms with van der Waals surface area (Å²) in [5, 5.41) is 6.83. The number of aliphatic imine (C=N–C) groups is 1. The Morgan fingerprint density at radius 3 is 2.50 bits per heavy atom. The van der Waals surface area contributed by atoms with Crippen LogP contribution in [0.25, 0.3) is 0 Å². The molecular weight excluding hydrogens is 404 g/mol. The van der Waals surface area contributed by atoms with E-state index in [-0.39, 0.29) is 0 Å². The van der Waals surface area contributed by atoms with E-state index in [0.29, 0.717) is 19.7 Å². The molecule has 2 N–H and O–H groups in total. The van der Waals surface area contributed by atoms with Gasteiger partial charge in [-0.25, -0.2) is 0 Å². The van der Waals surface area contributed by atoms with Crippen molar-refractivity contribution in [3.63, 3.8) is 0 Å².